The molecule has 16 heavy (non-hydrogen) atoms. The highest BCUT2D eigenvalue weighted by atomic mass is 19.3. The first kappa shape index (κ1) is 12.2. The van der Waals surface area contributed by atoms with E-state index in [9.17, 15) is 8.78 Å². The fourth-order valence-corrected chi connectivity index (χ4v) is 1.12. The van der Waals surface area contributed by atoms with Crippen LogP contribution in [0.25, 0.3) is 0 Å². The molecular formula is C9H12F2N4O. The molecule has 0 aliphatic rings. The number of hydrogen-bond donors (Lipinski definition) is 2. The standard InChI is InChI=1S/C9H12F2N4O/c1-15(5-7(10)11)8-3-2-6(4-13-8)9(12)14-16/h2-4,7,16H,5H2,1H3,(H2,12,14). The fraction of sp³-hybridized carbons (Fsp3) is 0.333. The maximum absolute atomic E-state index is 12.1. The number of aromatic nitrogens is 1. The Morgan fingerprint density at radius 3 is 2.75 bits per heavy atom. The minimum atomic E-state index is -2.42. The highest BCUT2D eigenvalue weighted by Gasteiger charge is 2.09. The summed E-state index contributed by atoms with van der Waals surface area (Å²) in [6, 6.07) is 3.06. The second-order valence-corrected chi connectivity index (χ2v) is 3.16. The summed E-state index contributed by atoms with van der Waals surface area (Å²) in [4.78, 5) is 5.24. The predicted octanol–water partition coefficient (Wildman–Crippen LogP) is 0.877. The minimum Gasteiger partial charge on any atom is -0.409 e. The zero-order chi connectivity index (χ0) is 12.1. The lowest BCUT2D eigenvalue weighted by atomic mass is 10.2. The SMILES string of the molecule is CN(CC(F)F)c1ccc(/C(N)=N/O)cn1. The third-order valence-electron chi connectivity index (χ3n) is 1.95. The highest BCUT2D eigenvalue weighted by molar-refractivity contribution is 5.96. The van der Waals surface area contributed by atoms with Crippen LogP contribution in [-0.2, 0) is 0 Å². The second kappa shape index (κ2) is 5.24. The first-order valence-electron chi connectivity index (χ1n) is 4.48. The quantitative estimate of drug-likeness (QED) is 0.348. The summed E-state index contributed by atoms with van der Waals surface area (Å²) in [6.45, 7) is -0.393. The van der Waals surface area contributed by atoms with E-state index in [4.69, 9.17) is 10.9 Å². The van der Waals surface area contributed by atoms with E-state index in [1.165, 1.54) is 24.2 Å². The number of hydrogen-bond acceptors (Lipinski definition) is 4. The fourth-order valence-electron chi connectivity index (χ4n) is 1.12. The summed E-state index contributed by atoms with van der Waals surface area (Å²) in [7, 11) is 1.51. The van der Waals surface area contributed by atoms with Crippen LogP contribution in [0, 0.1) is 0 Å². The summed E-state index contributed by atoms with van der Waals surface area (Å²) in [5.74, 6) is 0.324. The lowest BCUT2D eigenvalue weighted by molar-refractivity contribution is 0.156. The van der Waals surface area contributed by atoms with Gasteiger partial charge in [0.2, 0.25) is 0 Å². The molecular weight excluding hydrogens is 218 g/mol. The molecule has 1 rings (SSSR count). The third-order valence-corrected chi connectivity index (χ3v) is 1.95. The lowest BCUT2D eigenvalue weighted by Gasteiger charge is -2.17. The molecule has 7 heteroatoms. The van der Waals surface area contributed by atoms with Crippen LogP contribution in [0.1, 0.15) is 5.56 Å². The molecule has 1 aromatic heterocycles. The number of amidine groups is 1. The second-order valence-electron chi connectivity index (χ2n) is 3.16. The Balaban J connectivity index is 2.78. The summed E-state index contributed by atoms with van der Waals surface area (Å²) in [6.07, 6.45) is -1.07. The van der Waals surface area contributed by atoms with Gasteiger partial charge in [-0.25, -0.2) is 13.8 Å². The smallest absolute Gasteiger partial charge is 0.255 e. The molecule has 0 amide bonds. The highest BCUT2D eigenvalue weighted by Crippen LogP contribution is 2.10. The van der Waals surface area contributed by atoms with Crippen LogP contribution >= 0.6 is 0 Å². The molecule has 0 spiro atoms. The number of rotatable bonds is 4. The van der Waals surface area contributed by atoms with Gasteiger partial charge in [-0.1, -0.05) is 5.16 Å². The summed E-state index contributed by atoms with van der Waals surface area (Å²) in [5.41, 5.74) is 5.76. The number of nitrogens with two attached hydrogens (primary N) is 1. The Hall–Kier alpha value is -1.92. The molecule has 0 unspecified atom stereocenters. The van der Waals surface area contributed by atoms with Crippen molar-refractivity contribution >= 4 is 11.7 Å². The van der Waals surface area contributed by atoms with E-state index in [0.717, 1.165) is 0 Å². The Bertz CT molecular complexity index is 366. The molecule has 0 saturated heterocycles. The van der Waals surface area contributed by atoms with Crippen molar-refractivity contribution in [3.63, 3.8) is 0 Å². The third kappa shape index (κ3) is 3.04. The first-order chi connectivity index (χ1) is 7.54. The van der Waals surface area contributed by atoms with E-state index in [1.807, 2.05) is 0 Å². The van der Waals surface area contributed by atoms with Crippen molar-refractivity contribution in [2.24, 2.45) is 10.9 Å². The molecule has 0 atom stereocenters. The molecule has 0 aliphatic heterocycles. The van der Waals surface area contributed by atoms with Crippen LogP contribution < -0.4 is 10.6 Å². The number of alkyl halides is 2. The average molecular weight is 230 g/mol. The molecule has 88 valence electrons. The van der Waals surface area contributed by atoms with Crippen LogP contribution in [0.2, 0.25) is 0 Å². The van der Waals surface area contributed by atoms with Crippen LogP contribution in [-0.4, -0.2) is 36.0 Å². The molecule has 0 saturated carbocycles. The zero-order valence-electron chi connectivity index (χ0n) is 8.64. The van der Waals surface area contributed by atoms with Crippen molar-refractivity contribution in [1.82, 2.24) is 4.98 Å². The lowest BCUT2D eigenvalue weighted by Crippen LogP contribution is -2.25. The number of nitrogens with zero attached hydrogens (tertiary/aromatic N) is 3. The van der Waals surface area contributed by atoms with Crippen molar-refractivity contribution in [2.45, 2.75) is 6.43 Å². The van der Waals surface area contributed by atoms with E-state index in [-0.39, 0.29) is 5.84 Å². The van der Waals surface area contributed by atoms with Gasteiger partial charge in [-0.05, 0) is 12.1 Å². The van der Waals surface area contributed by atoms with Gasteiger partial charge in [0.1, 0.15) is 5.82 Å². The minimum absolute atomic E-state index is 0.0736. The van der Waals surface area contributed by atoms with Crippen LogP contribution in [0.15, 0.2) is 23.5 Å². The molecule has 0 bridgehead atoms. The van der Waals surface area contributed by atoms with Gasteiger partial charge in [0.15, 0.2) is 5.84 Å². The summed E-state index contributed by atoms with van der Waals surface area (Å²) in [5, 5.41) is 11.2. The predicted molar refractivity (Wildman–Crippen MR) is 56.0 cm³/mol. The van der Waals surface area contributed by atoms with Gasteiger partial charge in [0.05, 0.1) is 6.54 Å². The number of pyridine rings is 1. The van der Waals surface area contributed by atoms with Crippen molar-refractivity contribution in [3.05, 3.63) is 23.9 Å². The summed E-state index contributed by atoms with van der Waals surface area (Å²) >= 11 is 0. The molecule has 0 aliphatic carbocycles. The van der Waals surface area contributed by atoms with Crippen LogP contribution in [0.4, 0.5) is 14.6 Å². The molecule has 1 heterocycles. The average Bonchev–Trinajstić information content (AvgIpc) is 2.27. The van der Waals surface area contributed by atoms with Crippen molar-refractivity contribution in [3.8, 4) is 0 Å². The van der Waals surface area contributed by atoms with Gasteiger partial charge in [0, 0.05) is 18.8 Å². The van der Waals surface area contributed by atoms with E-state index < -0.39 is 13.0 Å². The largest absolute Gasteiger partial charge is 0.409 e. The first-order valence-corrected chi connectivity index (χ1v) is 4.48. The van der Waals surface area contributed by atoms with Gasteiger partial charge in [-0.15, -0.1) is 0 Å². The molecule has 0 fully saturated rings. The number of oxime groups is 1. The van der Waals surface area contributed by atoms with E-state index in [1.54, 1.807) is 6.07 Å². The monoisotopic (exact) mass is 230 g/mol. The van der Waals surface area contributed by atoms with Crippen LogP contribution in [0.3, 0.4) is 0 Å². The van der Waals surface area contributed by atoms with Crippen LogP contribution in [0.5, 0.6) is 0 Å². The van der Waals surface area contributed by atoms with Gasteiger partial charge in [-0.2, -0.15) is 0 Å². The van der Waals surface area contributed by atoms with Gasteiger partial charge >= 0.3 is 0 Å². The normalized spacial score (nSPS) is 11.9. The van der Waals surface area contributed by atoms with E-state index in [2.05, 4.69) is 10.1 Å². The van der Waals surface area contributed by atoms with Gasteiger partial charge in [-0.3, -0.25) is 0 Å². The molecule has 5 nitrogen and oxygen atoms in total. The maximum Gasteiger partial charge on any atom is 0.255 e. The topological polar surface area (TPSA) is 74.7 Å². The molecule has 0 radical (unpaired) electrons. The van der Waals surface area contributed by atoms with Gasteiger partial charge < -0.3 is 15.8 Å². The van der Waals surface area contributed by atoms with Gasteiger partial charge in [0.25, 0.3) is 6.43 Å². The summed E-state index contributed by atoms with van der Waals surface area (Å²) < 4.78 is 24.2. The molecule has 0 aromatic carbocycles. The van der Waals surface area contributed by atoms with E-state index >= 15 is 0 Å². The molecule has 1 aromatic rings. The number of halogens is 2. The Labute approximate surface area is 91.2 Å². The van der Waals surface area contributed by atoms with Crippen molar-refractivity contribution in [2.75, 3.05) is 18.5 Å². The maximum atomic E-state index is 12.1. The van der Waals surface area contributed by atoms with E-state index in [0.29, 0.717) is 11.4 Å². The Morgan fingerprint density at radius 1 is 1.62 bits per heavy atom. The Kier molecular flexibility index (Phi) is 3.98. The zero-order valence-corrected chi connectivity index (χ0v) is 8.64. The molecule has 3 N–H and O–H groups in total. The number of anilines is 1. The van der Waals surface area contributed by atoms with Crippen molar-refractivity contribution in [1.29, 1.82) is 0 Å². The Morgan fingerprint density at radius 2 is 2.31 bits per heavy atom. The van der Waals surface area contributed by atoms with Crippen molar-refractivity contribution < 1.29 is 14.0 Å².